The Kier molecular flexibility index (Phi) is 7.19. The van der Waals surface area contributed by atoms with Gasteiger partial charge in [0.1, 0.15) is 0 Å². The van der Waals surface area contributed by atoms with E-state index in [0.29, 0.717) is 17.6 Å². The van der Waals surface area contributed by atoms with Crippen molar-refractivity contribution in [2.45, 2.75) is 44.3 Å². The maximum atomic E-state index is 12.6. The van der Waals surface area contributed by atoms with Gasteiger partial charge in [0, 0.05) is 30.5 Å². The van der Waals surface area contributed by atoms with Crippen LogP contribution in [0.5, 0.6) is 0 Å². The van der Waals surface area contributed by atoms with Crippen molar-refractivity contribution in [1.82, 2.24) is 4.90 Å². The Morgan fingerprint density at radius 2 is 1.81 bits per heavy atom. The molecule has 1 aliphatic rings. The molecule has 2 aromatic rings. The minimum atomic E-state index is 0.337. The summed E-state index contributed by atoms with van der Waals surface area (Å²) in [5, 5.41) is 0.520. The van der Waals surface area contributed by atoms with Crippen LogP contribution in [-0.4, -0.2) is 29.6 Å². The molecule has 0 saturated carbocycles. The summed E-state index contributed by atoms with van der Waals surface area (Å²) < 4.78 is 0. The first-order chi connectivity index (χ1) is 12.7. The molecule has 0 spiro atoms. The standard InChI is InChI=1S/C23H29NOS/c1-19-9-5-7-13-21(19)22-15-16-24(17-18-26-22)23(25)14-8-6-12-20-10-3-2-4-11-20/h2-5,7,9-11,13,22H,6,8,12,14-18H2,1H3. The smallest absolute Gasteiger partial charge is 0.222 e. The SMILES string of the molecule is Cc1ccccc1C1CCN(C(=O)CCCCc2ccccc2)CCS1. The molecule has 1 atom stereocenters. The largest absolute Gasteiger partial charge is 0.342 e. The molecule has 1 amide bonds. The molecule has 2 nitrogen and oxygen atoms in total. The highest BCUT2D eigenvalue weighted by Gasteiger charge is 2.22. The lowest BCUT2D eigenvalue weighted by Crippen LogP contribution is -2.32. The fourth-order valence-corrected chi connectivity index (χ4v) is 4.95. The summed E-state index contributed by atoms with van der Waals surface area (Å²) in [7, 11) is 0. The molecule has 26 heavy (non-hydrogen) atoms. The van der Waals surface area contributed by atoms with Crippen molar-refractivity contribution >= 4 is 17.7 Å². The van der Waals surface area contributed by atoms with Crippen LogP contribution in [0.2, 0.25) is 0 Å². The first-order valence-electron chi connectivity index (χ1n) is 9.73. The Morgan fingerprint density at radius 1 is 1.04 bits per heavy atom. The van der Waals surface area contributed by atoms with E-state index in [1.54, 1.807) is 0 Å². The lowest BCUT2D eigenvalue weighted by atomic mass is 10.0. The van der Waals surface area contributed by atoms with Crippen molar-refractivity contribution in [3.63, 3.8) is 0 Å². The van der Waals surface area contributed by atoms with E-state index in [1.807, 2.05) is 11.8 Å². The maximum Gasteiger partial charge on any atom is 0.222 e. The number of amides is 1. The minimum Gasteiger partial charge on any atom is -0.342 e. The third-order valence-electron chi connectivity index (χ3n) is 5.18. The quantitative estimate of drug-likeness (QED) is 0.636. The molecule has 1 aliphatic heterocycles. The third kappa shape index (κ3) is 5.38. The summed E-state index contributed by atoms with van der Waals surface area (Å²) in [5.74, 6) is 1.37. The summed E-state index contributed by atoms with van der Waals surface area (Å²) in [6, 6.07) is 19.2. The van der Waals surface area contributed by atoms with Gasteiger partial charge in [0.05, 0.1) is 0 Å². The molecule has 1 fully saturated rings. The predicted octanol–water partition coefficient (Wildman–Crippen LogP) is 5.41. The van der Waals surface area contributed by atoms with Gasteiger partial charge >= 0.3 is 0 Å². The van der Waals surface area contributed by atoms with Crippen LogP contribution in [0.4, 0.5) is 0 Å². The summed E-state index contributed by atoms with van der Waals surface area (Å²) >= 11 is 2.00. The first kappa shape index (κ1) is 19.0. The Balaban J connectivity index is 1.43. The van der Waals surface area contributed by atoms with Crippen LogP contribution < -0.4 is 0 Å². The van der Waals surface area contributed by atoms with Crippen LogP contribution in [0.25, 0.3) is 0 Å². The fraction of sp³-hybridized carbons (Fsp3) is 0.435. The molecule has 1 saturated heterocycles. The predicted molar refractivity (Wildman–Crippen MR) is 112 cm³/mol. The van der Waals surface area contributed by atoms with E-state index < -0.39 is 0 Å². The number of carbonyl (C=O) groups excluding carboxylic acids is 1. The Hall–Kier alpha value is -1.74. The molecule has 0 bridgehead atoms. The highest BCUT2D eigenvalue weighted by Crippen LogP contribution is 2.36. The van der Waals surface area contributed by atoms with Crippen LogP contribution in [-0.2, 0) is 11.2 Å². The summed E-state index contributed by atoms with van der Waals surface area (Å²) in [4.78, 5) is 14.7. The molecule has 0 N–H and O–H groups in total. The van der Waals surface area contributed by atoms with Crippen LogP contribution in [0.1, 0.15) is 47.6 Å². The van der Waals surface area contributed by atoms with Gasteiger partial charge in [-0.3, -0.25) is 4.79 Å². The second-order valence-corrected chi connectivity index (χ2v) is 8.39. The molecule has 1 unspecified atom stereocenters. The zero-order chi connectivity index (χ0) is 18.2. The number of aryl methyl sites for hydroxylation is 2. The lowest BCUT2D eigenvalue weighted by molar-refractivity contribution is -0.131. The molecule has 0 radical (unpaired) electrons. The number of benzene rings is 2. The van der Waals surface area contributed by atoms with Gasteiger partial charge in [0.2, 0.25) is 5.91 Å². The molecular formula is C23H29NOS. The van der Waals surface area contributed by atoms with Crippen molar-refractivity contribution in [3.05, 3.63) is 71.3 Å². The zero-order valence-electron chi connectivity index (χ0n) is 15.7. The van der Waals surface area contributed by atoms with Gasteiger partial charge in [-0.2, -0.15) is 11.8 Å². The number of thioether (sulfide) groups is 1. The Bertz CT molecular complexity index is 700. The normalized spacial score (nSPS) is 17.7. The van der Waals surface area contributed by atoms with Gasteiger partial charge < -0.3 is 4.90 Å². The van der Waals surface area contributed by atoms with Crippen molar-refractivity contribution in [1.29, 1.82) is 0 Å². The Morgan fingerprint density at radius 3 is 2.62 bits per heavy atom. The number of hydrogen-bond donors (Lipinski definition) is 0. The van der Waals surface area contributed by atoms with Gasteiger partial charge in [0.15, 0.2) is 0 Å². The van der Waals surface area contributed by atoms with E-state index in [4.69, 9.17) is 0 Å². The van der Waals surface area contributed by atoms with Crippen LogP contribution >= 0.6 is 11.8 Å². The number of carbonyl (C=O) groups is 1. The molecular weight excluding hydrogens is 338 g/mol. The van der Waals surface area contributed by atoms with Crippen molar-refractivity contribution in [2.75, 3.05) is 18.8 Å². The van der Waals surface area contributed by atoms with E-state index in [9.17, 15) is 4.79 Å². The van der Waals surface area contributed by atoms with Gasteiger partial charge in [-0.1, -0.05) is 54.6 Å². The molecule has 3 rings (SSSR count). The van der Waals surface area contributed by atoms with E-state index in [-0.39, 0.29) is 0 Å². The first-order valence-corrected chi connectivity index (χ1v) is 10.8. The highest BCUT2D eigenvalue weighted by atomic mass is 32.2. The van der Waals surface area contributed by atoms with Crippen LogP contribution in [0.3, 0.4) is 0 Å². The molecule has 3 heteroatoms. The minimum absolute atomic E-state index is 0.337. The van der Waals surface area contributed by atoms with Crippen LogP contribution in [0, 0.1) is 6.92 Å². The van der Waals surface area contributed by atoms with Crippen molar-refractivity contribution in [2.24, 2.45) is 0 Å². The van der Waals surface area contributed by atoms with E-state index in [0.717, 1.165) is 44.5 Å². The molecule has 0 aliphatic carbocycles. The average Bonchev–Trinajstić information content (AvgIpc) is 2.92. The summed E-state index contributed by atoms with van der Waals surface area (Å²) in [6.07, 6.45) is 4.89. The highest BCUT2D eigenvalue weighted by molar-refractivity contribution is 7.99. The summed E-state index contributed by atoms with van der Waals surface area (Å²) in [6.45, 7) is 3.98. The molecule has 138 valence electrons. The van der Waals surface area contributed by atoms with Gasteiger partial charge in [-0.15, -0.1) is 0 Å². The van der Waals surface area contributed by atoms with Crippen molar-refractivity contribution < 1.29 is 4.79 Å². The lowest BCUT2D eigenvalue weighted by Gasteiger charge is -2.20. The zero-order valence-corrected chi connectivity index (χ0v) is 16.5. The topological polar surface area (TPSA) is 20.3 Å². The molecule has 1 heterocycles. The van der Waals surface area contributed by atoms with E-state index in [2.05, 4.69) is 66.4 Å². The van der Waals surface area contributed by atoms with E-state index in [1.165, 1.54) is 16.7 Å². The molecule has 0 aromatic heterocycles. The second-order valence-electron chi connectivity index (χ2n) is 7.08. The number of rotatable bonds is 6. The maximum absolute atomic E-state index is 12.6. The van der Waals surface area contributed by atoms with Crippen LogP contribution in [0.15, 0.2) is 54.6 Å². The number of hydrogen-bond acceptors (Lipinski definition) is 2. The Labute approximate surface area is 162 Å². The number of nitrogens with zero attached hydrogens (tertiary/aromatic N) is 1. The average molecular weight is 368 g/mol. The van der Waals surface area contributed by atoms with Gasteiger partial charge in [-0.05, 0) is 49.3 Å². The third-order valence-corrected chi connectivity index (χ3v) is 6.49. The number of unbranched alkanes of at least 4 members (excludes halogenated alkanes) is 1. The fourth-order valence-electron chi connectivity index (χ4n) is 3.62. The van der Waals surface area contributed by atoms with Gasteiger partial charge in [-0.25, -0.2) is 0 Å². The monoisotopic (exact) mass is 367 g/mol. The summed E-state index contributed by atoms with van der Waals surface area (Å²) in [5.41, 5.74) is 4.17. The molecule has 2 aromatic carbocycles. The van der Waals surface area contributed by atoms with Gasteiger partial charge in [0.25, 0.3) is 0 Å². The van der Waals surface area contributed by atoms with E-state index >= 15 is 0 Å². The second kappa shape index (κ2) is 9.82. The van der Waals surface area contributed by atoms with Crippen molar-refractivity contribution in [3.8, 4) is 0 Å².